The zero-order valence-corrected chi connectivity index (χ0v) is 11.6. The van der Waals surface area contributed by atoms with Crippen LogP contribution in [0.3, 0.4) is 0 Å². The van der Waals surface area contributed by atoms with Crippen molar-refractivity contribution in [2.45, 2.75) is 24.4 Å². The zero-order chi connectivity index (χ0) is 16.0. The molecule has 0 radical (unpaired) electrons. The molecule has 0 heterocycles. The normalized spacial score (nSPS) is 22.0. The van der Waals surface area contributed by atoms with Crippen molar-refractivity contribution in [3.05, 3.63) is 29.6 Å². The highest BCUT2D eigenvalue weighted by Gasteiger charge is 2.41. The van der Waals surface area contributed by atoms with E-state index in [-0.39, 0.29) is 12.0 Å². The summed E-state index contributed by atoms with van der Waals surface area (Å²) in [6, 6.07) is 1.25. The van der Waals surface area contributed by atoms with Gasteiger partial charge in [-0.25, -0.2) is 17.5 Å². The molecule has 1 saturated carbocycles. The topological polar surface area (TPSA) is 63.2 Å². The van der Waals surface area contributed by atoms with Gasteiger partial charge in [0.05, 0.1) is 10.5 Å². The molecule has 0 spiro atoms. The van der Waals surface area contributed by atoms with Gasteiger partial charge < -0.3 is 0 Å². The Labute approximate surface area is 118 Å². The second-order valence-electron chi connectivity index (χ2n) is 4.93. The molecule has 1 fully saturated rings. The Bertz CT molecular complexity index is 684. The Morgan fingerprint density at radius 1 is 1.33 bits per heavy atom. The fourth-order valence-electron chi connectivity index (χ4n) is 1.84. The number of amides is 1. The maximum Gasteiger partial charge on any atom is 0.419 e. The second kappa shape index (κ2) is 4.97. The van der Waals surface area contributed by atoms with Crippen molar-refractivity contribution in [2.75, 3.05) is 0 Å². The van der Waals surface area contributed by atoms with Gasteiger partial charge in [-0.15, -0.1) is 0 Å². The predicted molar refractivity (Wildman–Crippen MR) is 64.0 cm³/mol. The number of hydrogen-bond donors (Lipinski definition) is 1. The summed E-state index contributed by atoms with van der Waals surface area (Å²) < 4.78 is 76.2. The molecular weight excluding hydrogens is 314 g/mol. The summed E-state index contributed by atoms with van der Waals surface area (Å²) >= 11 is 0. The largest absolute Gasteiger partial charge is 0.419 e. The maximum absolute atomic E-state index is 13.1. The van der Waals surface area contributed by atoms with E-state index in [1.807, 2.05) is 0 Å². The molecule has 0 aromatic heterocycles. The second-order valence-corrected chi connectivity index (χ2v) is 6.61. The van der Waals surface area contributed by atoms with Gasteiger partial charge in [0.1, 0.15) is 5.82 Å². The monoisotopic (exact) mass is 325 g/mol. The first-order chi connectivity index (χ1) is 9.52. The summed E-state index contributed by atoms with van der Waals surface area (Å²) in [5, 5.41) is 0. The molecule has 116 valence electrons. The lowest BCUT2D eigenvalue weighted by molar-refractivity contribution is -0.140. The number of nitrogens with one attached hydrogen (secondary N) is 1. The van der Waals surface area contributed by atoms with Crippen molar-refractivity contribution >= 4 is 15.9 Å². The Kier molecular flexibility index (Phi) is 3.73. The van der Waals surface area contributed by atoms with Crippen molar-refractivity contribution in [3.63, 3.8) is 0 Å². The molecule has 1 aliphatic rings. The highest BCUT2D eigenvalue weighted by molar-refractivity contribution is 7.90. The number of carbonyl (C=O) groups is 1. The van der Waals surface area contributed by atoms with Crippen LogP contribution >= 0.6 is 0 Å². The highest BCUT2D eigenvalue weighted by Crippen LogP contribution is 2.38. The van der Waals surface area contributed by atoms with E-state index in [1.54, 1.807) is 11.6 Å². The van der Waals surface area contributed by atoms with E-state index < -0.39 is 44.3 Å². The van der Waals surface area contributed by atoms with Crippen LogP contribution in [0.25, 0.3) is 0 Å². The van der Waals surface area contributed by atoms with Crippen molar-refractivity contribution in [2.24, 2.45) is 11.8 Å². The van der Waals surface area contributed by atoms with Gasteiger partial charge in [0, 0.05) is 5.92 Å². The first kappa shape index (κ1) is 15.7. The molecular formula is C12H11F4NO3S. The van der Waals surface area contributed by atoms with Crippen LogP contribution in [-0.4, -0.2) is 14.3 Å². The van der Waals surface area contributed by atoms with Gasteiger partial charge in [-0.2, -0.15) is 13.2 Å². The quantitative estimate of drug-likeness (QED) is 0.868. The van der Waals surface area contributed by atoms with Crippen LogP contribution in [0.15, 0.2) is 23.1 Å². The standard InChI is InChI=1S/C12H11F4NO3S/c1-6-4-8(6)11(18)17-21(19,20)7-2-3-10(13)9(5-7)12(14,15)16/h2-3,5-6,8H,4H2,1H3,(H,17,18)/t6-,8+/m1/s1. The van der Waals surface area contributed by atoms with E-state index in [4.69, 9.17) is 0 Å². The van der Waals surface area contributed by atoms with E-state index in [0.717, 1.165) is 0 Å². The van der Waals surface area contributed by atoms with E-state index in [1.165, 1.54) is 0 Å². The lowest BCUT2D eigenvalue weighted by Crippen LogP contribution is -2.32. The first-order valence-electron chi connectivity index (χ1n) is 5.96. The number of rotatable bonds is 3. The minimum Gasteiger partial charge on any atom is -0.274 e. The smallest absolute Gasteiger partial charge is 0.274 e. The van der Waals surface area contributed by atoms with Crippen LogP contribution in [0.1, 0.15) is 18.9 Å². The average molecular weight is 325 g/mol. The number of hydrogen-bond acceptors (Lipinski definition) is 3. The molecule has 2 atom stereocenters. The molecule has 9 heteroatoms. The van der Waals surface area contributed by atoms with Crippen LogP contribution in [0, 0.1) is 17.7 Å². The summed E-state index contributed by atoms with van der Waals surface area (Å²) in [5.41, 5.74) is -1.70. The predicted octanol–water partition coefficient (Wildman–Crippen LogP) is 2.31. The van der Waals surface area contributed by atoms with Crippen molar-refractivity contribution in [1.29, 1.82) is 0 Å². The number of sulfonamides is 1. The summed E-state index contributed by atoms with van der Waals surface area (Å²) in [6.07, 6.45) is -4.50. The third kappa shape index (κ3) is 3.34. The Hall–Kier alpha value is -1.64. The molecule has 0 saturated heterocycles. The molecule has 1 aromatic carbocycles. The van der Waals surface area contributed by atoms with Gasteiger partial charge >= 0.3 is 6.18 Å². The molecule has 0 aliphatic heterocycles. The van der Waals surface area contributed by atoms with Crippen LogP contribution in [-0.2, 0) is 21.0 Å². The van der Waals surface area contributed by atoms with Crippen molar-refractivity contribution in [1.82, 2.24) is 4.72 Å². The molecule has 4 nitrogen and oxygen atoms in total. The van der Waals surface area contributed by atoms with Gasteiger partial charge in [-0.1, -0.05) is 6.92 Å². The van der Waals surface area contributed by atoms with E-state index in [0.29, 0.717) is 18.6 Å². The maximum atomic E-state index is 13.1. The molecule has 0 bridgehead atoms. The van der Waals surface area contributed by atoms with Crippen molar-refractivity contribution in [3.8, 4) is 0 Å². The molecule has 1 aromatic rings. The minimum atomic E-state index is -5.02. The third-order valence-electron chi connectivity index (χ3n) is 3.23. The molecule has 2 rings (SSSR count). The van der Waals surface area contributed by atoms with Crippen LogP contribution < -0.4 is 4.72 Å². The summed E-state index contributed by atoms with van der Waals surface area (Å²) in [6.45, 7) is 1.75. The number of halogens is 4. The lowest BCUT2D eigenvalue weighted by Gasteiger charge is -2.11. The van der Waals surface area contributed by atoms with Gasteiger partial charge in [0.15, 0.2) is 0 Å². The molecule has 0 unspecified atom stereocenters. The van der Waals surface area contributed by atoms with E-state index >= 15 is 0 Å². The summed E-state index contributed by atoms with van der Waals surface area (Å²) in [7, 11) is -4.45. The third-order valence-corrected chi connectivity index (χ3v) is 4.58. The van der Waals surface area contributed by atoms with Gasteiger partial charge in [0.25, 0.3) is 10.0 Å². The summed E-state index contributed by atoms with van der Waals surface area (Å²) in [4.78, 5) is 10.8. The average Bonchev–Trinajstić information content (AvgIpc) is 3.04. The SMILES string of the molecule is C[C@@H]1C[C@@H]1C(=O)NS(=O)(=O)c1ccc(F)c(C(F)(F)F)c1. The molecule has 1 N–H and O–H groups in total. The number of benzene rings is 1. The Balaban J connectivity index is 2.30. The Morgan fingerprint density at radius 3 is 2.38 bits per heavy atom. The number of carbonyl (C=O) groups excluding carboxylic acids is 1. The van der Waals surface area contributed by atoms with Crippen LogP contribution in [0.4, 0.5) is 17.6 Å². The first-order valence-corrected chi connectivity index (χ1v) is 7.44. The fourth-order valence-corrected chi connectivity index (χ4v) is 2.90. The van der Waals surface area contributed by atoms with Crippen LogP contribution in [0.5, 0.6) is 0 Å². The molecule has 21 heavy (non-hydrogen) atoms. The van der Waals surface area contributed by atoms with E-state index in [9.17, 15) is 30.8 Å². The van der Waals surface area contributed by atoms with Crippen molar-refractivity contribution < 1.29 is 30.8 Å². The highest BCUT2D eigenvalue weighted by atomic mass is 32.2. The van der Waals surface area contributed by atoms with Gasteiger partial charge in [-0.3, -0.25) is 4.79 Å². The molecule has 1 aliphatic carbocycles. The zero-order valence-electron chi connectivity index (χ0n) is 10.7. The minimum absolute atomic E-state index is 0.0409. The van der Waals surface area contributed by atoms with Crippen LogP contribution in [0.2, 0.25) is 0 Å². The summed E-state index contributed by atoms with van der Waals surface area (Å²) in [5.74, 6) is -2.76. The van der Waals surface area contributed by atoms with Gasteiger partial charge in [0.2, 0.25) is 5.91 Å². The number of alkyl halides is 3. The fraction of sp³-hybridized carbons (Fsp3) is 0.417. The van der Waals surface area contributed by atoms with Gasteiger partial charge in [-0.05, 0) is 30.5 Å². The van der Waals surface area contributed by atoms with E-state index in [2.05, 4.69) is 0 Å². The Morgan fingerprint density at radius 2 is 1.90 bits per heavy atom. The molecule has 1 amide bonds. The lowest BCUT2D eigenvalue weighted by atomic mass is 10.2.